The molecule has 438 valence electrons. The number of aromatic nitrogens is 2. The van der Waals surface area contributed by atoms with Crippen LogP contribution >= 0.6 is 31.9 Å². The van der Waals surface area contributed by atoms with Crippen molar-refractivity contribution in [2.45, 2.75) is 26.4 Å². The van der Waals surface area contributed by atoms with E-state index in [4.69, 9.17) is 14.1 Å². The minimum Gasteiger partial charge on any atom is -0.456 e. The zero-order chi connectivity index (χ0) is 62.3. The maximum atomic E-state index is 16.5. The SMILES string of the molecule is Cc1cc(OC(=O)Cc2ccc(-n3c(=O)c4ccc5oc6ccc(-c7ccc(C(F)(F)F)cc7)cc6c6ccc(c3=O)c4c56)cc2)cc(C)c1/C(=C1/N=C(c2ccc(Br)cc2)C=C1c1ccccc1)c1c(-c2ccccc2)cc(-c2ccc(Br)cc2)n1B(F)F. The molecule has 0 fully saturated rings. The van der Waals surface area contributed by atoms with E-state index in [1.54, 1.807) is 84.9 Å². The van der Waals surface area contributed by atoms with Gasteiger partial charge in [0.2, 0.25) is 0 Å². The van der Waals surface area contributed by atoms with E-state index in [1.165, 1.54) is 12.1 Å². The quantitative estimate of drug-likeness (QED) is 0.0303. The van der Waals surface area contributed by atoms with Gasteiger partial charge in [0, 0.05) is 63.8 Å². The highest BCUT2D eigenvalue weighted by atomic mass is 79.9. The third-order valence-electron chi connectivity index (χ3n) is 16.5. The Labute approximate surface area is 528 Å². The van der Waals surface area contributed by atoms with E-state index in [1.807, 2.05) is 129 Å². The van der Waals surface area contributed by atoms with Gasteiger partial charge in [0.25, 0.3) is 11.1 Å². The second-order valence-electron chi connectivity index (χ2n) is 22.1. The number of aryl methyl sites for hydroxylation is 2. The van der Waals surface area contributed by atoms with Gasteiger partial charge >= 0.3 is 19.5 Å². The summed E-state index contributed by atoms with van der Waals surface area (Å²) in [5.74, 6) is -0.378. The second kappa shape index (κ2) is 22.8. The van der Waals surface area contributed by atoms with Crippen LogP contribution in [0, 0.1) is 13.8 Å². The highest BCUT2D eigenvalue weighted by Gasteiger charge is 2.36. The number of alkyl halides is 3. The van der Waals surface area contributed by atoms with E-state index in [2.05, 4.69) is 31.9 Å². The highest BCUT2D eigenvalue weighted by molar-refractivity contribution is 9.10. The highest BCUT2D eigenvalue weighted by Crippen LogP contribution is 2.48. The van der Waals surface area contributed by atoms with Crippen molar-refractivity contribution in [3.8, 4) is 44.9 Å². The Morgan fingerprint density at radius 3 is 1.77 bits per heavy atom. The van der Waals surface area contributed by atoms with Crippen LogP contribution in [0.4, 0.5) is 21.8 Å². The Hall–Kier alpha value is -10.0. The van der Waals surface area contributed by atoms with Gasteiger partial charge in [-0.2, -0.15) is 13.2 Å². The Balaban J connectivity index is 0.816. The van der Waals surface area contributed by atoms with Crippen molar-refractivity contribution in [1.29, 1.82) is 0 Å². The predicted molar refractivity (Wildman–Crippen MR) is 355 cm³/mol. The van der Waals surface area contributed by atoms with Crippen molar-refractivity contribution in [3.05, 3.63) is 304 Å². The summed E-state index contributed by atoms with van der Waals surface area (Å²) in [6.45, 7) is 3.72. The van der Waals surface area contributed by atoms with Gasteiger partial charge in [-0.1, -0.05) is 153 Å². The van der Waals surface area contributed by atoms with E-state index in [0.717, 1.165) is 46.8 Å². The van der Waals surface area contributed by atoms with Crippen LogP contribution in [0.2, 0.25) is 0 Å². The fraction of sp³-hybridized carbons (Fsp3) is 0.0541. The summed E-state index contributed by atoms with van der Waals surface area (Å²) in [7, 11) is -3.02. The molecule has 4 heterocycles. The molecule has 8 nitrogen and oxygen atoms in total. The number of benzene rings is 10. The molecule has 3 aromatic heterocycles. The first-order valence-corrected chi connectivity index (χ1v) is 30.2. The molecule has 16 heteroatoms. The van der Waals surface area contributed by atoms with Gasteiger partial charge in [0.05, 0.1) is 34.8 Å². The van der Waals surface area contributed by atoms with Gasteiger partial charge < -0.3 is 13.6 Å². The molecule has 0 saturated carbocycles. The van der Waals surface area contributed by atoms with Gasteiger partial charge in [-0.25, -0.2) is 9.56 Å². The number of hydrogen-bond donors (Lipinski definition) is 0. The van der Waals surface area contributed by atoms with Crippen LogP contribution < -0.4 is 15.9 Å². The lowest BCUT2D eigenvalue weighted by molar-refractivity contribution is -0.137. The zero-order valence-electron chi connectivity index (χ0n) is 47.7. The maximum absolute atomic E-state index is 16.5. The molecule has 1 aliphatic rings. The van der Waals surface area contributed by atoms with E-state index in [-0.39, 0.29) is 34.3 Å². The van der Waals surface area contributed by atoms with Crippen LogP contribution in [0.15, 0.2) is 258 Å². The summed E-state index contributed by atoms with van der Waals surface area (Å²) in [5, 5.41) is 2.85. The third-order valence-corrected chi connectivity index (χ3v) is 17.5. The van der Waals surface area contributed by atoms with E-state index in [0.29, 0.717) is 105 Å². The van der Waals surface area contributed by atoms with Crippen LogP contribution in [0.1, 0.15) is 44.6 Å². The molecule has 90 heavy (non-hydrogen) atoms. The lowest BCUT2D eigenvalue weighted by atomic mass is 9.86. The molecule has 0 spiro atoms. The molecule has 0 bridgehead atoms. The van der Waals surface area contributed by atoms with Gasteiger partial charge in [0.1, 0.15) is 16.9 Å². The van der Waals surface area contributed by atoms with Crippen LogP contribution in [-0.4, -0.2) is 28.1 Å². The molecule has 10 aromatic carbocycles. The predicted octanol–water partition coefficient (Wildman–Crippen LogP) is 19.1. The molecule has 0 saturated heterocycles. The fourth-order valence-electron chi connectivity index (χ4n) is 12.4. The smallest absolute Gasteiger partial charge is 0.456 e. The number of aliphatic imine (C=N–C) groups is 1. The number of carbonyl (C=O) groups excluding carboxylic acids is 1. The van der Waals surface area contributed by atoms with Crippen molar-refractivity contribution in [3.63, 3.8) is 0 Å². The standard InChI is InChI=1S/C74H45BBr2F5N3O5/c1-41-35-54(89-65(86)37-43-13-28-53(29-14-43)84-72(87)56-31-30-55-60-38-49(44-15-22-50(23-16-44)74(78,79)80)21-33-63(60)90-64-34-32-57(73(84)88)67(56)68(55)64)36-42(2)66(41)69(70-58(45-9-5-3-6-10-45)39-61(83-70)47-17-24-51(76)25-18-47)71-59(46-11-7-4-8-12-46)40-62(85(71)75(81)82)48-19-26-52(77)27-20-48/h3-36,38-40H,37H2,1-2H3/b70-69-. The number of carbonyl (C=O) groups is 1. The zero-order valence-corrected chi connectivity index (χ0v) is 50.8. The summed E-state index contributed by atoms with van der Waals surface area (Å²) in [4.78, 5) is 48.4. The van der Waals surface area contributed by atoms with Gasteiger partial charge in [-0.15, -0.1) is 0 Å². The number of ether oxygens (including phenoxy) is 1. The van der Waals surface area contributed by atoms with Crippen LogP contribution in [0.3, 0.4) is 0 Å². The Morgan fingerprint density at radius 2 is 1.14 bits per heavy atom. The lowest BCUT2D eigenvalue weighted by Gasteiger charge is -2.22. The van der Waals surface area contributed by atoms with Crippen molar-refractivity contribution in [2.75, 3.05) is 0 Å². The molecular weight excluding hydrogens is 1280 g/mol. The molecular formula is C74H45BBr2F5N3O5. The minimum absolute atomic E-state index is 0.187. The third kappa shape index (κ3) is 10.4. The number of fused-ring (bicyclic) bond motifs is 2. The number of pyridine rings is 1. The van der Waals surface area contributed by atoms with E-state index in [9.17, 15) is 27.6 Å². The number of esters is 1. The van der Waals surface area contributed by atoms with Crippen LogP contribution in [-0.2, 0) is 17.4 Å². The van der Waals surface area contributed by atoms with Gasteiger partial charge in [-0.3, -0.25) is 23.0 Å². The molecule has 13 aromatic rings. The molecule has 0 atom stereocenters. The molecule has 0 unspecified atom stereocenters. The molecule has 0 radical (unpaired) electrons. The average molecular weight is 1320 g/mol. The summed E-state index contributed by atoms with van der Waals surface area (Å²) in [5.41, 5.74) is 9.20. The fourth-order valence-corrected chi connectivity index (χ4v) is 12.9. The summed E-state index contributed by atoms with van der Waals surface area (Å²) < 4.78 is 89.4. The molecule has 1 aliphatic heterocycles. The summed E-state index contributed by atoms with van der Waals surface area (Å²) in [6.07, 6.45) is -2.68. The van der Waals surface area contributed by atoms with Gasteiger partial charge in [-0.05, 0) is 172 Å². The molecule has 0 amide bonds. The normalized spacial score (nSPS) is 13.2. The van der Waals surface area contributed by atoms with Crippen molar-refractivity contribution in [1.82, 2.24) is 9.05 Å². The topological polar surface area (TPSA) is 95.8 Å². The molecule has 0 N–H and O–H groups in total. The van der Waals surface area contributed by atoms with E-state index >= 15 is 8.63 Å². The number of rotatable bonds is 12. The summed E-state index contributed by atoms with van der Waals surface area (Å²) in [6, 6.07) is 62.9. The van der Waals surface area contributed by atoms with Crippen LogP contribution in [0.25, 0.3) is 93.8 Å². The number of allylic oxidation sites excluding steroid dienone is 2. The van der Waals surface area contributed by atoms with Crippen LogP contribution in [0.5, 0.6) is 5.75 Å². The lowest BCUT2D eigenvalue weighted by Crippen LogP contribution is -2.31. The summed E-state index contributed by atoms with van der Waals surface area (Å²) >= 11 is 7.08. The van der Waals surface area contributed by atoms with Crippen molar-refractivity contribution < 1.29 is 35.8 Å². The first-order valence-electron chi connectivity index (χ1n) is 28.6. The Kier molecular flexibility index (Phi) is 14.6. The first kappa shape index (κ1) is 57.7. The minimum atomic E-state index is -4.48. The average Bonchev–Trinajstić information content (AvgIpc) is 0.855. The van der Waals surface area contributed by atoms with Crippen molar-refractivity contribution in [2.24, 2.45) is 4.99 Å². The van der Waals surface area contributed by atoms with Gasteiger partial charge in [0.15, 0.2) is 0 Å². The Bertz CT molecular complexity index is 5220. The Morgan fingerprint density at radius 1 is 0.578 bits per heavy atom. The molecule has 0 aliphatic carbocycles. The monoisotopic (exact) mass is 1320 g/mol. The van der Waals surface area contributed by atoms with Crippen molar-refractivity contribution >= 4 is 106 Å². The number of halogens is 7. The number of nitrogens with zero attached hydrogens (tertiary/aromatic N) is 3. The first-order chi connectivity index (χ1) is 43.4. The molecule has 14 rings (SSSR count). The van der Waals surface area contributed by atoms with E-state index < -0.39 is 36.2 Å². The second-order valence-corrected chi connectivity index (χ2v) is 23.9. The maximum Gasteiger partial charge on any atom is 0.678 e. The largest absolute Gasteiger partial charge is 0.678 e. The number of hydrogen-bond acceptors (Lipinski definition) is 6.